The topological polar surface area (TPSA) is 70.8 Å². The van der Waals surface area contributed by atoms with Gasteiger partial charge in [-0.05, 0) is 19.1 Å². The number of carbonyl (C=O) groups excluding carboxylic acids is 3. The van der Waals surface area contributed by atoms with E-state index in [0.717, 1.165) is 5.56 Å². The zero-order chi connectivity index (χ0) is 19.6. The van der Waals surface area contributed by atoms with Crippen LogP contribution in [0.25, 0.3) is 11.3 Å². The third-order valence-electron chi connectivity index (χ3n) is 4.77. The van der Waals surface area contributed by atoms with Crippen LogP contribution in [0.15, 0.2) is 40.8 Å². The van der Waals surface area contributed by atoms with Gasteiger partial charge in [-0.25, -0.2) is 0 Å². The number of rotatable bonds is 4. The number of nitrogens with zero attached hydrogens (tertiary/aromatic N) is 2. The van der Waals surface area contributed by atoms with Gasteiger partial charge in [-0.2, -0.15) is 0 Å². The van der Waals surface area contributed by atoms with Crippen molar-refractivity contribution in [3.05, 3.63) is 47.7 Å². The van der Waals surface area contributed by atoms with Crippen molar-refractivity contribution in [3.8, 4) is 11.3 Å². The van der Waals surface area contributed by atoms with Crippen LogP contribution in [0, 0.1) is 5.92 Å². The third kappa shape index (κ3) is 4.10. The molecule has 1 aliphatic heterocycles. The van der Waals surface area contributed by atoms with Crippen LogP contribution in [0.3, 0.4) is 0 Å². The Bertz CT molecular complexity index is 843. The first-order valence-corrected chi connectivity index (χ1v) is 9.16. The summed E-state index contributed by atoms with van der Waals surface area (Å²) in [6, 6.07) is 10.5. The van der Waals surface area contributed by atoms with E-state index < -0.39 is 0 Å². The van der Waals surface area contributed by atoms with E-state index in [1.807, 2.05) is 13.8 Å². The van der Waals surface area contributed by atoms with Gasteiger partial charge in [-0.3, -0.25) is 14.4 Å². The zero-order valence-electron chi connectivity index (χ0n) is 15.9. The van der Waals surface area contributed by atoms with E-state index in [1.165, 1.54) is 6.92 Å². The maximum atomic E-state index is 12.7. The SMILES string of the molecule is CC(=O)c1ccc(-c2ccc(C(=O)N3CCN(C(=O)C(C)C)CC3)o2)cc1. The monoisotopic (exact) mass is 368 g/mol. The lowest BCUT2D eigenvalue weighted by Crippen LogP contribution is -2.51. The molecule has 27 heavy (non-hydrogen) atoms. The first-order valence-electron chi connectivity index (χ1n) is 9.16. The normalized spacial score (nSPS) is 14.5. The number of amides is 2. The number of ketones is 1. The van der Waals surface area contributed by atoms with Gasteiger partial charge < -0.3 is 14.2 Å². The van der Waals surface area contributed by atoms with Crippen LogP contribution in [0.1, 0.15) is 41.7 Å². The molecule has 6 nitrogen and oxygen atoms in total. The zero-order valence-corrected chi connectivity index (χ0v) is 15.9. The summed E-state index contributed by atoms with van der Waals surface area (Å²) in [5, 5.41) is 0. The van der Waals surface area contributed by atoms with Crippen LogP contribution in [-0.2, 0) is 4.79 Å². The maximum Gasteiger partial charge on any atom is 0.289 e. The molecule has 0 bridgehead atoms. The van der Waals surface area contributed by atoms with Crippen molar-refractivity contribution in [2.75, 3.05) is 26.2 Å². The molecule has 0 N–H and O–H groups in total. The summed E-state index contributed by atoms with van der Waals surface area (Å²) in [5.41, 5.74) is 1.45. The van der Waals surface area contributed by atoms with E-state index in [9.17, 15) is 14.4 Å². The Hall–Kier alpha value is -2.89. The molecule has 1 aromatic carbocycles. The molecular formula is C21H24N2O4. The average molecular weight is 368 g/mol. The Balaban J connectivity index is 1.65. The third-order valence-corrected chi connectivity index (χ3v) is 4.77. The van der Waals surface area contributed by atoms with Gasteiger partial charge in [0.1, 0.15) is 5.76 Å². The second-order valence-electron chi connectivity index (χ2n) is 7.07. The summed E-state index contributed by atoms with van der Waals surface area (Å²) in [6.45, 7) is 7.38. The number of Topliss-reactive ketones (excluding diaryl/α,β-unsaturated/α-hetero) is 1. The highest BCUT2D eigenvalue weighted by atomic mass is 16.4. The van der Waals surface area contributed by atoms with Crippen LogP contribution < -0.4 is 0 Å². The largest absolute Gasteiger partial charge is 0.451 e. The summed E-state index contributed by atoms with van der Waals surface area (Å²) in [4.78, 5) is 39.6. The molecule has 2 heterocycles. The minimum Gasteiger partial charge on any atom is -0.451 e. The van der Waals surface area contributed by atoms with Crippen molar-refractivity contribution in [1.29, 1.82) is 0 Å². The molecule has 2 amide bonds. The van der Waals surface area contributed by atoms with Gasteiger partial charge in [0.05, 0.1) is 0 Å². The van der Waals surface area contributed by atoms with E-state index >= 15 is 0 Å². The molecule has 6 heteroatoms. The van der Waals surface area contributed by atoms with Crippen molar-refractivity contribution in [3.63, 3.8) is 0 Å². The number of hydrogen-bond acceptors (Lipinski definition) is 4. The van der Waals surface area contributed by atoms with Gasteiger partial charge in [0, 0.05) is 43.2 Å². The molecule has 0 spiro atoms. The van der Waals surface area contributed by atoms with Crippen molar-refractivity contribution in [2.24, 2.45) is 5.92 Å². The van der Waals surface area contributed by atoms with Crippen molar-refractivity contribution in [1.82, 2.24) is 9.80 Å². The van der Waals surface area contributed by atoms with Gasteiger partial charge >= 0.3 is 0 Å². The Morgan fingerprint density at radius 2 is 1.48 bits per heavy atom. The predicted octanol–water partition coefficient (Wildman–Crippen LogP) is 3.09. The van der Waals surface area contributed by atoms with Gasteiger partial charge in [0.2, 0.25) is 5.91 Å². The molecule has 1 aromatic heterocycles. The fraction of sp³-hybridized carbons (Fsp3) is 0.381. The van der Waals surface area contributed by atoms with Gasteiger partial charge in [-0.1, -0.05) is 38.1 Å². The number of piperazine rings is 1. The maximum absolute atomic E-state index is 12.7. The van der Waals surface area contributed by atoms with E-state index in [4.69, 9.17) is 4.42 Å². The minimum absolute atomic E-state index is 0.00644. The lowest BCUT2D eigenvalue weighted by molar-refractivity contribution is -0.135. The second kappa shape index (κ2) is 7.78. The molecule has 142 valence electrons. The smallest absolute Gasteiger partial charge is 0.289 e. The molecule has 1 aliphatic rings. The molecule has 1 fully saturated rings. The fourth-order valence-corrected chi connectivity index (χ4v) is 3.13. The predicted molar refractivity (Wildman–Crippen MR) is 101 cm³/mol. The summed E-state index contributed by atoms with van der Waals surface area (Å²) >= 11 is 0. The molecule has 1 saturated heterocycles. The highest BCUT2D eigenvalue weighted by Crippen LogP contribution is 2.24. The molecule has 0 atom stereocenters. The first-order chi connectivity index (χ1) is 12.9. The Morgan fingerprint density at radius 3 is 2.04 bits per heavy atom. The molecule has 0 radical (unpaired) electrons. The van der Waals surface area contributed by atoms with Crippen molar-refractivity contribution in [2.45, 2.75) is 20.8 Å². The lowest BCUT2D eigenvalue weighted by Gasteiger charge is -2.35. The standard InChI is InChI=1S/C21H24N2O4/c1-14(2)20(25)22-10-12-23(13-11-22)21(26)19-9-8-18(27-19)17-6-4-16(5-7-17)15(3)24/h4-9,14H,10-13H2,1-3H3. The van der Waals surface area contributed by atoms with Crippen molar-refractivity contribution < 1.29 is 18.8 Å². The van der Waals surface area contributed by atoms with Gasteiger partial charge in [-0.15, -0.1) is 0 Å². The number of furan rings is 1. The summed E-state index contributed by atoms with van der Waals surface area (Å²) in [7, 11) is 0. The van der Waals surface area contributed by atoms with E-state index in [-0.39, 0.29) is 29.3 Å². The van der Waals surface area contributed by atoms with Gasteiger partial charge in [0.25, 0.3) is 5.91 Å². The Labute approximate surface area is 158 Å². The van der Waals surface area contributed by atoms with Crippen LogP contribution in [0.2, 0.25) is 0 Å². The van der Waals surface area contributed by atoms with E-state index in [2.05, 4.69) is 0 Å². The van der Waals surface area contributed by atoms with E-state index in [0.29, 0.717) is 37.5 Å². The number of benzene rings is 1. The summed E-state index contributed by atoms with van der Waals surface area (Å²) < 4.78 is 5.74. The number of carbonyl (C=O) groups is 3. The minimum atomic E-state index is -0.168. The quantitative estimate of drug-likeness (QED) is 0.778. The first kappa shape index (κ1) is 18.9. The number of hydrogen-bond donors (Lipinski definition) is 0. The molecule has 0 aliphatic carbocycles. The molecule has 0 saturated carbocycles. The fourth-order valence-electron chi connectivity index (χ4n) is 3.13. The summed E-state index contributed by atoms with van der Waals surface area (Å²) in [5.74, 6) is 0.794. The molecule has 2 aromatic rings. The molecule has 0 unspecified atom stereocenters. The van der Waals surface area contributed by atoms with Crippen LogP contribution in [0.4, 0.5) is 0 Å². The Morgan fingerprint density at radius 1 is 0.889 bits per heavy atom. The lowest BCUT2D eigenvalue weighted by atomic mass is 10.1. The molecular weight excluding hydrogens is 344 g/mol. The highest BCUT2D eigenvalue weighted by Gasteiger charge is 2.27. The van der Waals surface area contributed by atoms with Crippen LogP contribution in [0.5, 0.6) is 0 Å². The van der Waals surface area contributed by atoms with Crippen molar-refractivity contribution >= 4 is 17.6 Å². The Kier molecular flexibility index (Phi) is 5.44. The van der Waals surface area contributed by atoms with E-state index in [1.54, 1.807) is 46.2 Å². The van der Waals surface area contributed by atoms with Gasteiger partial charge in [0.15, 0.2) is 11.5 Å². The average Bonchev–Trinajstić information content (AvgIpc) is 3.17. The van der Waals surface area contributed by atoms with Crippen LogP contribution in [-0.4, -0.2) is 53.6 Å². The second-order valence-corrected chi connectivity index (χ2v) is 7.07. The highest BCUT2D eigenvalue weighted by molar-refractivity contribution is 5.94. The van der Waals surface area contributed by atoms with Crippen LogP contribution >= 0.6 is 0 Å². The molecule has 3 rings (SSSR count). The summed E-state index contributed by atoms with van der Waals surface area (Å²) in [6.07, 6.45) is 0.